The average Bonchev–Trinajstić information content (AvgIpc) is 3.27. The van der Waals surface area contributed by atoms with E-state index in [0.29, 0.717) is 18.0 Å². The molecule has 1 aliphatic heterocycles. The Bertz CT molecular complexity index is 1030. The molecule has 0 saturated carbocycles. The van der Waals surface area contributed by atoms with Gasteiger partial charge in [0.2, 0.25) is 0 Å². The molecule has 1 aromatic heterocycles. The summed E-state index contributed by atoms with van der Waals surface area (Å²) in [6, 6.07) is 18.0. The van der Waals surface area contributed by atoms with E-state index in [1.165, 1.54) is 10.4 Å². The molecule has 0 N–H and O–H groups in total. The summed E-state index contributed by atoms with van der Waals surface area (Å²) in [6.45, 7) is 4.43. The van der Waals surface area contributed by atoms with Crippen molar-refractivity contribution in [3.8, 4) is 11.5 Å². The second-order valence-corrected chi connectivity index (χ2v) is 8.22. The number of rotatable bonds is 7. The van der Waals surface area contributed by atoms with Gasteiger partial charge < -0.3 is 14.4 Å². The maximum absolute atomic E-state index is 13.2. The van der Waals surface area contributed by atoms with Gasteiger partial charge in [-0.15, -0.1) is 17.9 Å². The molecule has 0 radical (unpaired) electrons. The molecule has 3 aromatic rings. The highest BCUT2D eigenvalue weighted by Crippen LogP contribution is 2.38. The van der Waals surface area contributed by atoms with Crippen LogP contribution in [0, 0.1) is 0 Å². The normalized spacial score (nSPS) is 15.4. The van der Waals surface area contributed by atoms with Crippen LogP contribution in [-0.4, -0.2) is 31.1 Å². The molecule has 0 spiro atoms. The summed E-state index contributed by atoms with van der Waals surface area (Å²) in [6.07, 6.45) is 3.48. The third kappa shape index (κ3) is 4.12. The lowest BCUT2D eigenvalue weighted by Gasteiger charge is -2.36. The average molecular weight is 420 g/mol. The third-order valence-electron chi connectivity index (χ3n) is 5.36. The molecule has 154 valence electrons. The summed E-state index contributed by atoms with van der Waals surface area (Å²) in [5.41, 5.74) is 3.43. The van der Waals surface area contributed by atoms with Gasteiger partial charge in [-0.05, 0) is 53.1 Å². The molecular formula is C25H25NO3S. The number of benzene rings is 2. The molecule has 4 nitrogen and oxygen atoms in total. The smallest absolute Gasteiger partial charge is 0.261 e. The van der Waals surface area contributed by atoms with Crippen LogP contribution in [0.15, 0.2) is 72.6 Å². The molecule has 2 heterocycles. The predicted molar refractivity (Wildman–Crippen MR) is 120 cm³/mol. The van der Waals surface area contributed by atoms with E-state index < -0.39 is 0 Å². The lowest BCUT2D eigenvalue weighted by molar-refractivity contribution is -0.135. The Kier molecular flexibility index (Phi) is 6.19. The second-order valence-electron chi connectivity index (χ2n) is 7.22. The quantitative estimate of drug-likeness (QED) is 0.504. The molecule has 0 saturated heterocycles. The van der Waals surface area contributed by atoms with Gasteiger partial charge in [0.25, 0.3) is 5.91 Å². The lowest BCUT2D eigenvalue weighted by Crippen LogP contribution is -2.42. The molecule has 0 fully saturated rings. The van der Waals surface area contributed by atoms with Crippen LogP contribution in [0.5, 0.6) is 11.5 Å². The summed E-state index contributed by atoms with van der Waals surface area (Å²) in [7, 11) is 1.61. The number of ether oxygens (including phenoxy) is 2. The molecular weight excluding hydrogens is 394 g/mol. The summed E-state index contributed by atoms with van der Waals surface area (Å²) >= 11 is 1.77. The van der Waals surface area contributed by atoms with Gasteiger partial charge in [0.05, 0.1) is 13.2 Å². The summed E-state index contributed by atoms with van der Waals surface area (Å²) in [4.78, 5) is 16.5. The summed E-state index contributed by atoms with van der Waals surface area (Å²) in [5.74, 6) is 1.17. The van der Waals surface area contributed by atoms with E-state index in [4.69, 9.17) is 9.47 Å². The van der Waals surface area contributed by atoms with E-state index in [1.807, 2.05) is 47.4 Å². The van der Waals surface area contributed by atoms with Gasteiger partial charge in [-0.25, -0.2) is 0 Å². The first-order valence-corrected chi connectivity index (χ1v) is 10.9. The van der Waals surface area contributed by atoms with E-state index in [9.17, 15) is 4.79 Å². The number of allylic oxidation sites excluding steroid dienone is 1. The van der Waals surface area contributed by atoms with E-state index in [0.717, 1.165) is 24.0 Å². The number of nitrogens with zero attached hydrogens (tertiary/aromatic N) is 1. The van der Waals surface area contributed by atoms with Gasteiger partial charge in [-0.2, -0.15) is 0 Å². The van der Waals surface area contributed by atoms with E-state index in [1.54, 1.807) is 18.4 Å². The van der Waals surface area contributed by atoms with Crippen LogP contribution in [0.2, 0.25) is 0 Å². The highest BCUT2D eigenvalue weighted by atomic mass is 32.1. The Labute approximate surface area is 181 Å². The molecule has 1 aliphatic rings. The molecule has 30 heavy (non-hydrogen) atoms. The van der Waals surface area contributed by atoms with Crippen molar-refractivity contribution in [2.24, 2.45) is 0 Å². The lowest BCUT2D eigenvalue weighted by atomic mass is 9.93. The van der Waals surface area contributed by atoms with Crippen molar-refractivity contribution in [2.75, 3.05) is 20.3 Å². The monoisotopic (exact) mass is 419 g/mol. The number of methoxy groups -OCH3 is 1. The van der Waals surface area contributed by atoms with Crippen molar-refractivity contribution in [2.45, 2.75) is 18.9 Å². The van der Waals surface area contributed by atoms with Crippen LogP contribution in [0.25, 0.3) is 0 Å². The fraction of sp³-hybridized carbons (Fsp3) is 0.240. The Morgan fingerprint density at radius 1 is 1.20 bits per heavy atom. The van der Waals surface area contributed by atoms with Crippen molar-refractivity contribution in [3.05, 3.63) is 94.2 Å². The second kappa shape index (κ2) is 9.18. The summed E-state index contributed by atoms with van der Waals surface area (Å²) < 4.78 is 11.3. The molecule has 1 atom stereocenters. The predicted octanol–water partition coefficient (Wildman–Crippen LogP) is 5.04. The minimum atomic E-state index is -0.0748. The zero-order valence-electron chi connectivity index (χ0n) is 17.0. The van der Waals surface area contributed by atoms with Crippen molar-refractivity contribution in [3.63, 3.8) is 0 Å². The molecule has 4 rings (SSSR count). The van der Waals surface area contributed by atoms with Gasteiger partial charge in [-0.1, -0.05) is 42.5 Å². The fourth-order valence-electron chi connectivity index (χ4n) is 3.93. The first kappa shape index (κ1) is 20.2. The zero-order valence-corrected chi connectivity index (χ0v) is 17.9. The van der Waals surface area contributed by atoms with Crippen LogP contribution < -0.4 is 9.47 Å². The van der Waals surface area contributed by atoms with Crippen LogP contribution in [-0.2, 0) is 17.6 Å². The number of carbonyl (C=O) groups is 1. The fourth-order valence-corrected chi connectivity index (χ4v) is 4.83. The van der Waals surface area contributed by atoms with Crippen LogP contribution >= 0.6 is 11.3 Å². The van der Waals surface area contributed by atoms with Crippen molar-refractivity contribution < 1.29 is 14.3 Å². The Morgan fingerprint density at radius 3 is 2.80 bits per heavy atom. The first-order valence-electron chi connectivity index (χ1n) is 10.0. The molecule has 5 heteroatoms. The largest absolute Gasteiger partial charge is 0.493 e. The van der Waals surface area contributed by atoms with Gasteiger partial charge in [0, 0.05) is 11.4 Å². The van der Waals surface area contributed by atoms with Crippen molar-refractivity contribution >= 4 is 17.2 Å². The first-order chi connectivity index (χ1) is 14.7. The van der Waals surface area contributed by atoms with Crippen LogP contribution in [0.3, 0.4) is 0 Å². The number of thiophene rings is 1. The van der Waals surface area contributed by atoms with E-state index in [2.05, 4.69) is 30.2 Å². The molecule has 0 unspecified atom stereocenters. The number of fused-ring (bicyclic) bond motifs is 1. The summed E-state index contributed by atoms with van der Waals surface area (Å²) in [5, 5.41) is 2.11. The van der Waals surface area contributed by atoms with Gasteiger partial charge >= 0.3 is 0 Å². The Hall–Kier alpha value is -3.05. The molecule has 1 amide bonds. The van der Waals surface area contributed by atoms with Crippen molar-refractivity contribution in [1.82, 2.24) is 4.90 Å². The molecule has 0 aliphatic carbocycles. The van der Waals surface area contributed by atoms with Gasteiger partial charge in [0.15, 0.2) is 18.1 Å². The van der Waals surface area contributed by atoms with E-state index >= 15 is 0 Å². The SMILES string of the molecule is C=CCc1ccc(OCC(=O)N2CCc3sccc3[C@H]2c2ccccc2)c(OC)c1. The number of hydrogen-bond acceptors (Lipinski definition) is 4. The van der Waals surface area contributed by atoms with E-state index in [-0.39, 0.29) is 18.6 Å². The standard InChI is InChI=1S/C25H25NO3S/c1-3-7-18-10-11-21(22(16-18)28-2)29-17-24(27)26-14-12-23-20(13-15-30-23)25(26)19-8-5-4-6-9-19/h3-6,8-11,13,15-16,25H,1,7,12,14,17H2,2H3/t25-/m1/s1. The minimum Gasteiger partial charge on any atom is -0.493 e. The highest BCUT2D eigenvalue weighted by molar-refractivity contribution is 7.10. The Balaban J connectivity index is 1.53. The maximum Gasteiger partial charge on any atom is 0.261 e. The molecule has 0 bridgehead atoms. The Morgan fingerprint density at radius 2 is 2.03 bits per heavy atom. The number of amides is 1. The van der Waals surface area contributed by atoms with Crippen molar-refractivity contribution in [1.29, 1.82) is 0 Å². The third-order valence-corrected chi connectivity index (χ3v) is 6.36. The van der Waals surface area contributed by atoms with Gasteiger partial charge in [0.1, 0.15) is 0 Å². The minimum absolute atomic E-state index is 0.0278. The highest BCUT2D eigenvalue weighted by Gasteiger charge is 2.32. The zero-order chi connectivity index (χ0) is 20.9. The maximum atomic E-state index is 13.2. The number of hydrogen-bond donors (Lipinski definition) is 0. The van der Waals surface area contributed by atoms with Crippen LogP contribution in [0.4, 0.5) is 0 Å². The van der Waals surface area contributed by atoms with Crippen LogP contribution in [0.1, 0.15) is 27.6 Å². The number of carbonyl (C=O) groups excluding carboxylic acids is 1. The topological polar surface area (TPSA) is 38.8 Å². The van der Waals surface area contributed by atoms with Gasteiger partial charge in [-0.3, -0.25) is 4.79 Å². The molecule has 2 aromatic carbocycles.